The van der Waals surface area contributed by atoms with Crippen LogP contribution in [0.4, 0.5) is 11.4 Å². The van der Waals surface area contributed by atoms with E-state index < -0.39 is 17.0 Å². The lowest BCUT2D eigenvalue weighted by atomic mass is 9.53. The Labute approximate surface area is 169 Å². The van der Waals surface area contributed by atoms with E-state index in [2.05, 4.69) is 10.6 Å². The lowest BCUT2D eigenvalue weighted by Crippen LogP contribution is -2.61. The van der Waals surface area contributed by atoms with Crippen LogP contribution in [-0.2, 0) is 9.53 Å². The minimum absolute atomic E-state index is 0.0381. The number of hydrogen-bond acceptors (Lipinski definition) is 6. The smallest absolute Gasteiger partial charge is 0.341 e. The van der Waals surface area contributed by atoms with Crippen molar-refractivity contribution in [2.24, 2.45) is 17.8 Å². The van der Waals surface area contributed by atoms with Crippen LogP contribution in [0, 0.1) is 27.9 Å². The first-order valence-corrected chi connectivity index (χ1v) is 10.3. The summed E-state index contributed by atoms with van der Waals surface area (Å²) in [5.41, 5.74) is 0.0841. The number of anilines is 1. The van der Waals surface area contributed by atoms with E-state index in [4.69, 9.17) is 4.74 Å². The number of benzene rings is 1. The molecule has 0 unspecified atom stereocenters. The van der Waals surface area contributed by atoms with Crippen LogP contribution in [0.3, 0.4) is 0 Å². The van der Waals surface area contributed by atoms with E-state index in [0.717, 1.165) is 25.3 Å². The van der Waals surface area contributed by atoms with Crippen molar-refractivity contribution < 1.29 is 19.2 Å². The van der Waals surface area contributed by atoms with Crippen molar-refractivity contribution in [1.29, 1.82) is 0 Å². The molecule has 4 bridgehead atoms. The van der Waals surface area contributed by atoms with E-state index in [9.17, 15) is 19.7 Å². The zero-order valence-electron chi connectivity index (χ0n) is 16.8. The molecule has 1 atom stereocenters. The van der Waals surface area contributed by atoms with Gasteiger partial charge in [-0.25, -0.2) is 4.79 Å². The molecular weight excluding hydrogens is 374 g/mol. The number of rotatable bonds is 6. The van der Waals surface area contributed by atoms with Gasteiger partial charge < -0.3 is 15.4 Å². The van der Waals surface area contributed by atoms with Gasteiger partial charge in [0.2, 0.25) is 0 Å². The summed E-state index contributed by atoms with van der Waals surface area (Å²) in [7, 11) is 1.61. The van der Waals surface area contributed by atoms with E-state index in [1.165, 1.54) is 31.4 Å². The highest BCUT2D eigenvalue weighted by atomic mass is 16.6. The molecule has 0 saturated heterocycles. The summed E-state index contributed by atoms with van der Waals surface area (Å²) in [6, 6.07) is 3.93. The third-order valence-electron chi connectivity index (χ3n) is 6.78. The maximum Gasteiger partial charge on any atom is 0.341 e. The summed E-state index contributed by atoms with van der Waals surface area (Å²) >= 11 is 0. The molecule has 4 aliphatic carbocycles. The molecule has 1 aromatic rings. The number of hydrogen-bond donors (Lipinski definition) is 2. The van der Waals surface area contributed by atoms with Gasteiger partial charge in [-0.15, -0.1) is 0 Å². The minimum Gasteiger partial charge on any atom is -0.449 e. The van der Waals surface area contributed by atoms with E-state index in [1.54, 1.807) is 14.0 Å². The van der Waals surface area contributed by atoms with Crippen LogP contribution in [0.5, 0.6) is 0 Å². The Morgan fingerprint density at radius 3 is 2.28 bits per heavy atom. The minimum atomic E-state index is -0.973. The molecule has 0 heterocycles. The van der Waals surface area contributed by atoms with Crippen molar-refractivity contribution in [1.82, 2.24) is 5.32 Å². The van der Waals surface area contributed by atoms with Gasteiger partial charge in [-0.1, -0.05) is 0 Å². The van der Waals surface area contributed by atoms with E-state index in [1.807, 2.05) is 0 Å². The maximum absolute atomic E-state index is 12.8. The molecular formula is C21H27N3O5. The summed E-state index contributed by atoms with van der Waals surface area (Å²) < 4.78 is 5.38. The summed E-state index contributed by atoms with van der Waals surface area (Å²) in [5.74, 6) is 1.04. The maximum atomic E-state index is 12.8. The van der Waals surface area contributed by atoms with Gasteiger partial charge in [0.05, 0.1) is 10.5 Å². The monoisotopic (exact) mass is 401 g/mol. The highest BCUT2D eigenvalue weighted by Gasteiger charge is 2.51. The molecule has 2 N–H and O–H groups in total. The molecule has 1 amide bonds. The number of nitro groups is 1. The van der Waals surface area contributed by atoms with Crippen molar-refractivity contribution in [3.63, 3.8) is 0 Å². The molecule has 4 aliphatic rings. The van der Waals surface area contributed by atoms with Gasteiger partial charge in [-0.05, 0) is 69.3 Å². The van der Waals surface area contributed by atoms with Gasteiger partial charge in [-0.2, -0.15) is 0 Å². The second-order valence-corrected chi connectivity index (χ2v) is 8.97. The third-order valence-corrected chi connectivity index (χ3v) is 6.78. The van der Waals surface area contributed by atoms with Crippen molar-refractivity contribution in [3.8, 4) is 0 Å². The number of carbonyl (C=O) groups is 2. The molecule has 0 aliphatic heterocycles. The molecule has 1 aromatic carbocycles. The standard InChI is InChI=1S/C21H27N3O5/c1-12(29-20(26)17-8-16(24(27)28)3-4-18(17)22-2)19(25)23-21-9-13-5-14(10-21)7-15(6-13)11-21/h3-4,8,12-15,22H,5-7,9-11H2,1-2H3,(H,23,25)/t12-,13?,14?,15?,21?/m0/s1. The van der Waals surface area contributed by atoms with Crippen molar-refractivity contribution in [2.45, 2.75) is 57.1 Å². The SMILES string of the molecule is CNc1ccc([N+](=O)[O-])cc1C(=O)O[C@@H](C)C(=O)NC12CC3CC(CC(C3)C1)C2. The highest BCUT2D eigenvalue weighted by Crippen LogP contribution is 2.55. The first kappa shape index (κ1) is 19.7. The van der Waals surface area contributed by atoms with E-state index >= 15 is 0 Å². The zero-order valence-corrected chi connectivity index (χ0v) is 16.8. The second kappa shape index (κ2) is 7.31. The van der Waals surface area contributed by atoms with Gasteiger partial charge in [0.1, 0.15) is 0 Å². The van der Waals surface area contributed by atoms with Crippen LogP contribution < -0.4 is 10.6 Å². The van der Waals surface area contributed by atoms with Crippen LogP contribution >= 0.6 is 0 Å². The fourth-order valence-electron chi connectivity index (χ4n) is 5.94. The topological polar surface area (TPSA) is 111 Å². The largest absolute Gasteiger partial charge is 0.449 e. The molecule has 8 nitrogen and oxygen atoms in total. The molecule has 156 valence electrons. The second-order valence-electron chi connectivity index (χ2n) is 8.97. The predicted octanol–water partition coefficient (Wildman–Crippen LogP) is 3.27. The zero-order chi connectivity index (χ0) is 20.8. The molecule has 5 rings (SSSR count). The molecule has 0 aromatic heterocycles. The summed E-state index contributed by atoms with van der Waals surface area (Å²) in [4.78, 5) is 35.9. The van der Waals surface area contributed by atoms with Crippen LogP contribution in [0.2, 0.25) is 0 Å². The number of nitrogens with one attached hydrogen (secondary N) is 2. The Morgan fingerprint density at radius 1 is 1.17 bits per heavy atom. The Bertz CT molecular complexity index is 817. The quantitative estimate of drug-likeness (QED) is 0.430. The number of carbonyl (C=O) groups excluding carboxylic acids is 2. The number of non-ortho nitro benzene ring substituents is 1. The normalized spacial score (nSPS) is 30.5. The lowest BCUT2D eigenvalue weighted by molar-refractivity contribution is -0.384. The number of esters is 1. The van der Waals surface area contributed by atoms with Crippen LogP contribution in [0.15, 0.2) is 18.2 Å². The van der Waals surface area contributed by atoms with Gasteiger partial charge in [0.15, 0.2) is 6.10 Å². The van der Waals surface area contributed by atoms with Crippen molar-refractivity contribution in [3.05, 3.63) is 33.9 Å². The average Bonchev–Trinajstić information content (AvgIpc) is 2.65. The van der Waals surface area contributed by atoms with Crippen LogP contribution in [-0.4, -0.2) is 35.5 Å². The third kappa shape index (κ3) is 3.80. The fourth-order valence-corrected chi connectivity index (χ4v) is 5.94. The lowest BCUT2D eigenvalue weighted by Gasteiger charge is -2.57. The summed E-state index contributed by atoms with van der Waals surface area (Å²) in [5, 5.41) is 17.1. The van der Waals surface area contributed by atoms with Gasteiger partial charge >= 0.3 is 5.97 Å². The average molecular weight is 401 g/mol. The Balaban J connectivity index is 1.43. The van der Waals surface area contributed by atoms with Gasteiger partial charge in [0, 0.05) is 30.4 Å². The molecule has 0 radical (unpaired) electrons. The molecule has 4 fully saturated rings. The molecule has 29 heavy (non-hydrogen) atoms. The number of ether oxygens (including phenoxy) is 1. The Morgan fingerprint density at radius 2 is 1.76 bits per heavy atom. The Hall–Kier alpha value is -2.64. The molecule has 0 spiro atoms. The van der Waals surface area contributed by atoms with Crippen LogP contribution in [0.1, 0.15) is 55.8 Å². The summed E-state index contributed by atoms with van der Waals surface area (Å²) in [6.07, 6.45) is 5.90. The van der Waals surface area contributed by atoms with Crippen molar-refractivity contribution in [2.75, 3.05) is 12.4 Å². The number of nitrogens with zero attached hydrogens (tertiary/aromatic N) is 1. The molecule has 4 saturated carbocycles. The molecule has 8 heteroatoms. The van der Waals surface area contributed by atoms with Gasteiger partial charge in [-0.3, -0.25) is 14.9 Å². The van der Waals surface area contributed by atoms with Crippen molar-refractivity contribution >= 4 is 23.3 Å². The fraction of sp³-hybridized carbons (Fsp3) is 0.619. The van der Waals surface area contributed by atoms with Gasteiger partial charge in [0.25, 0.3) is 11.6 Å². The first-order valence-electron chi connectivity index (χ1n) is 10.3. The van der Waals surface area contributed by atoms with E-state index in [0.29, 0.717) is 23.4 Å². The Kier molecular flexibility index (Phi) is 4.96. The highest BCUT2D eigenvalue weighted by molar-refractivity contribution is 5.98. The van der Waals surface area contributed by atoms with Crippen LogP contribution in [0.25, 0.3) is 0 Å². The number of nitro benzene ring substituents is 1. The first-order chi connectivity index (χ1) is 13.8. The predicted molar refractivity (Wildman–Crippen MR) is 107 cm³/mol. The summed E-state index contributed by atoms with van der Waals surface area (Å²) in [6.45, 7) is 1.55. The van der Waals surface area contributed by atoms with E-state index in [-0.39, 0.29) is 22.7 Å². The number of amides is 1.